The Labute approximate surface area is 191 Å². The molecule has 0 bridgehead atoms. The first-order chi connectivity index (χ1) is 15.0. The van der Waals surface area contributed by atoms with Gasteiger partial charge in [-0.05, 0) is 49.1 Å². The van der Waals surface area contributed by atoms with E-state index in [-0.39, 0.29) is 17.8 Å². The maximum atomic E-state index is 13.0. The zero-order valence-corrected chi connectivity index (χ0v) is 19.0. The van der Waals surface area contributed by atoms with Crippen molar-refractivity contribution in [2.24, 2.45) is 0 Å². The number of thioether (sulfide) groups is 1. The number of benzene rings is 2. The van der Waals surface area contributed by atoms with Crippen LogP contribution in [0.2, 0.25) is 5.02 Å². The van der Waals surface area contributed by atoms with Crippen molar-refractivity contribution >= 4 is 35.0 Å². The van der Waals surface area contributed by atoms with E-state index in [2.05, 4.69) is 10.2 Å². The van der Waals surface area contributed by atoms with Crippen LogP contribution in [0.3, 0.4) is 0 Å². The first kappa shape index (κ1) is 23.7. The zero-order chi connectivity index (χ0) is 22.2. The van der Waals surface area contributed by atoms with Gasteiger partial charge in [-0.25, -0.2) is 4.39 Å². The van der Waals surface area contributed by atoms with Crippen LogP contribution in [-0.4, -0.2) is 62.6 Å². The van der Waals surface area contributed by atoms with E-state index in [1.54, 1.807) is 30.0 Å². The average molecular weight is 468 g/mol. The third kappa shape index (κ3) is 7.00. The van der Waals surface area contributed by atoms with Crippen molar-refractivity contribution in [3.8, 4) is 5.75 Å². The molecule has 1 amide bonds. The molecule has 9 heteroatoms. The molecule has 1 aliphatic heterocycles. The highest BCUT2D eigenvalue weighted by atomic mass is 35.5. The number of ether oxygens (including phenoxy) is 2. The van der Waals surface area contributed by atoms with Crippen LogP contribution in [0.1, 0.15) is 16.8 Å². The number of nitrogen functional groups attached to an aromatic ring is 1. The third-order valence-electron chi connectivity index (χ3n) is 4.98. The van der Waals surface area contributed by atoms with Crippen LogP contribution in [0, 0.1) is 5.82 Å². The Morgan fingerprint density at radius 1 is 1.39 bits per heavy atom. The predicted octanol–water partition coefficient (Wildman–Crippen LogP) is 3.68. The summed E-state index contributed by atoms with van der Waals surface area (Å²) in [5.41, 5.74) is 6.47. The number of hydrogen-bond acceptors (Lipinski definition) is 6. The van der Waals surface area contributed by atoms with Gasteiger partial charge in [0.25, 0.3) is 5.91 Å². The monoisotopic (exact) mass is 467 g/mol. The molecular formula is C22H27ClFN3O3S. The molecule has 1 saturated heterocycles. The fraction of sp³-hybridized carbons (Fsp3) is 0.409. The minimum Gasteiger partial charge on any atom is -0.496 e. The van der Waals surface area contributed by atoms with Crippen LogP contribution in [0.25, 0.3) is 0 Å². The van der Waals surface area contributed by atoms with Gasteiger partial charge in [-0.15, -0.1) is 11.8 Å². The summed E-state index contributed by atoms with van der Waals surface area (Å²) in [7, 11) is 1.48. The number of nitrogens with two attached hydrogens (primary N) is 1. The highest BCUT2D eigenvalue weighted by molar-refractivity contribution is 7.99. The number of methoxy groups -OCH3 is 1. The van der Waals surface area contributed by atoms with Crippen molar-refractivity contribution < 1.29 is 18.7 Å². The molecule has 0 aromatic heterocycles. The van der Waals surface area contributed by atoms with Gasteiger partial charge in [0, 0.05) is 30.6 Å². The van der Waals surface area contributed by atoms with Gasteiger partial charge in [0.1, 0.15) is 11.6 Å². The lowest BCUT2D eigenvalue weighted by molar-refractivity contribution is -0.0261. The second-order valence-electron chi connectivity index (χ2n) is 7.23. The summed E-state index contributed by atoms with van der Waals surface area (Å²) in [6.07, 6.45) is 0.931. The second-order valence-corrected chi connectivity index (χ2v) is 8.81. The van der Waals surface area contributed by atoms with Gasteiger partial charge in [-0.1, -0.05) is 11.6 Å². The number of carbonyl (C=O) groups is 1. The number of nitrogens with one attached hydrogen (secondary N) is 1. The Kier molecular flexibility index (Phi) is 8.83. The van der Waals surface area contributed by atoms with E-state index in [1.807, 2.05) is 0 Å². The first-order valence-corrected chi connectivity index (χ1v) is 11.5. The molecule has 0 radical (unpaired) electrons. The minimum absolute atomic E-state index is 0.0855. The van der Waals surface area contributed by atoms with Crippen molar-refractivity contribution in [3.05, 3.63) is 52.8 Å². The van der Waals surface area contributed by atoms with E-state index in [0.29, 0.717) is 35.2 Å². The fourth-order valence-corrected chi connectivity index (χ4v) is 4.33. The summed E-state index contributed by atoms with van der Waals surface area (Å²) in [6.45, 7) is 3.59. The molecule has 168 valence electrons. The van der Waals surface area contributed by atoms with Crippen molar-refractivity contribution in [1.82, 2.24) is 10.2 Å². The van der Waals surface area contributed by atoms with Gasteiger partial charge in [0.15, 0.2) is 0 Å². The van der Waals surface area contributed by atoms with Crippen LogP contribution in [0.4, 0.5) is 10.1 Å². The zero-order valence-electron chi connectivity index (χ0n) is 17.4. The maximum Gasteiger partial charge on any atom is 0.255 e. The van der Waals surface area contributed by atoms with Crippen LogP contribution >= 0.6 is 23.4 Å². The largest absolute Gasteiger partial charge is 0.496 e. The number of rotatable bonds is 9. The number of carbonyl (C=O) groups excluding carboxylic acids is 1. The Balaban J connectivity index is 1.42. The van der Waals surface area contributed by atoms with Gasteiger partial charge in [0.2, 0.25) is 0 Å². The van der Waals surface area contributed by atoms with Crippen molar-refractivity contribution in [1.29, 1.82) is 0 Å². The predicted molar refractivity (Wildman–Crippen MR) is 123 cm³/mol. The highest BCUT2D eigenvalue weighted by Gasteiger charge is 2.22. The van der Waals surface area contributed by atoms with E-state index in [0.717, 1.165) is 36.7 Å². The van der Waals surface area contributed by atoms with Crippen LogP contribution in [-0.2, 0) is 4.74 Å². The number of hydrogen-bond donors (Lipinski definition) is 2. The second kappa shape index (κ2) is 11.6. The minimum atomic E-state index is -0.282. The van der Waals surface area contributed by atoms with E-state index in [1.165, 1.54) is 25.3 Å². The SMILES string of the molecule is COc1cc(N)c(Cl)cc1C(=O)NCC1CN(CCCSc2ccc(F)cc2)CCO1. The molecule has 2 aromatic carbocycles. The first-order valence-electron chi connectivity index (χ1n) is 10.1. The molecule has 31 heavy (non-hydrogen) atoms. The van der Waals surface area contributed by atoms with Gasteiger partial charge in [-0.2, -0.15) is 0 Å². The molecule has 2 aromatic rings. The van der Waals surface area contributed by atoms with Gasteiger partial charge in [-0.3, -0.25) is 9.69 Å². The lowest BCUT2D eigenvalue weighted by atomic mass is 10.1. The summed E-state index contributed by atoms with van der Waals surface area (Å²) >= 11 is 7.77. The molecule has 0 spiro atoms. The molecule has 0 aliphatic carbocycles. The average Bonchev–Trinajstić information content (AvgIpc) is 2.78. The number of halogens is 2. The Morgan fingerprint density at radius 2 is 2.16 bits per heavy atom. The smallest absolute Gasteiger partial charge is 0.255 e. The van der Waals surface area contributed by atoms with Gasteiger partial charge >= 0.3 is 0 Å². The topological polar surface area (TPSA) is 76.8 Å². The third-order valence-corrected chi connectivity index (χ3v) is 6.40. The summed E-state index contributed by atoms with van der Waals surface area (Å²) in [5, 5.41) is 3.21. The summed E-state index contributed by atoms with van der Waals surface area (Å²) < 4.78 is 24.0. The van der Waals surface area contributed by atoms with Crippen molar-refractivity contribution in [2.75, 3.05) is 51.4 Å². The number of amides is 1. The standard InChI is InChI=1S/C22H27ClFN3O3S/c1-29-21-12-20(25)19(23)11-18(21)22(28)26-13-16-14-27(8-9-30-16)7-2-10-31-17-5-3-15(24)4-6-17/h3-6,11-12,16H,2,7-10,13-14,25H2,1H3,(H,26,28). The van der Waals surface area contributed by atoms with E-state index in [4.69, 9.17) is 26.8 Å². The van der Waals surface area contributed by atoms with Gasteiger partial charge in [0.05, 0.1) is 36.1 Å². The molecule has 3 N–H and O–H groups in total. The molecule has 1 unspecified atom stereocenters. The molecule has 6 nitrogen and oxygen atoms in total. The van der Waals surface area contributed by atoms with Crippen LogP contribution in [0.5, 0.6) is 5.75 Å². The highest BCUT2D eigenvalue weighted by Crippen LogP contribution is 2.28. The van der Waals surface area contributed by atoms with E-state index in [9.17, 15) is 9.18 Å². The van der Waals surface area contributed by atoms with Crippen molar-refractivity contribution in [3.63, 3.8) is 0 Å². The Bertz CT molecular complexity index is 885. The van der Waals surface area contributed by atoms with Crippen LogP contribution < -0.4 is 15.8 Å². The summed E-state index contributed by atoms with van der Waals surface area (Å²) in [6, 6.07) is 9.62. The summed E-state index contributed by atoms with van der Waals surface area (Å²) in [4.78, 5) is 16.0. The van der Waals surface area contributed by atoms with Gasteiger partial charge < -0.3 is 20.5 Å². The van der Waals surface area contributed by atoms with E-state index < -0.39 is 0 Å². The molecule has 1 atom stereocenters. The quantitative estimate of drug-likeness (QED) is 0.333. The number of morpholine rings is 1. The number of anilines is 1. The maximum absolute atomic E-state index is 13.0. The molecule has 3 rings (SSSR count). The summed E-state index contributed by atoms with van der Waals surface area (Å²) in [5.74, 6) is 0.843. The Hall–Kier alpha value is -2.00. The van der Waals surface area contributed by atoms with Crippen LogP contribution in [0.15, 0.2) is 41.3 Å². The molecular weight excluding hydrogens is 441 g/mol. The lowest BCUT2D eigenvalue weighted by Crippen LogP contribution is -2.47. The molecule has 1 aliphatic rings. The lowest BCUT2D eigenvalue weighted by Gasteiger charge is -2.33. The molecule has 0 saturated carbocycles. The Morgan fingerprint density at radius 3 is 2.90 bits per heavy atom. The number of nitrogens with zero attached hydrogens (tertiary/aromatic N) is 1. The fourth-order valence-electron chi connectivity index (χ4n) is 3.33. The van der Waals surface area contributed by atoms with E-state index >= 15 is 0 Å². The normalized spacial score (nSPS) is 16.8. The van der Waals surface area contributed by atoms with Crippen molar-refractivity contribution in [2.45, 2.75) is 17.4 Å². The molecule has 1 heterocycles. The molecule has 1 fully saturated rings.